The Kier molecular flexibility index (Phi) is 6.16. The predicted octanol–water partition coefficient (Wildman–Crippen LogP) is 2.37. The molecule has 0 radical (unpaired) electrons. The summed E-state index contributed by atoms with van der Waals surface area (Å²) >= 11 is 1.36. The highest BCUT2D eigenvalue weighted by Crippen LogP contribution is 2.27. The Morgan fingerprint density at radius 1 is 1.40 bits per heavy atom. The number of aliphatic hydroxyl groups is 1. The van der Waals surface area contributed by atoms with Gasteiger partial charge >= 0.3 is 6.09 Å². The minimum Gasteiger partial charge on any atom is -0.507 e. The van der Waals surface area contributed by atoms with E-state index in [-0.39, 0.29) is 12.4 Å². The molecule has 1 rings (SSSR count). The number of alkyl carbamates (subject to hydrolysis) is 1. The second-order valence-corrected chi connectivity index (χ2v) is 6.37. The zero-order chi connectivity index (χ0) is 15.2. The Morgan fingerprint density at radius 2 is 2.05 bits per heavy atom. The van der Waals surface area contributed by atoms with Crippen LogP contribution in [0.2, 0.25) is 0 Å². The molecule has 0 aromatic heterocycles. The summed E-state index contributed by atoms with van der Waals surface area (Å²) in [5.74, 6) is 0.624. The molecule has 112 valence electrons. The van der Waals surface area contributed by atoms with E-state index in [1.165, 1.54) is 11.8 Å². The van der Waals surface area contributed by atoms with Crippen LogP contribution in [0.3, 0.4) is 0 Å². The van der Waals surface area contributed by atoms with Crippen LogP contribution in [-0.2, 0) is 4.74 Å². The number of aromatic hydroxyl groups is 1. The molecular weight excluding hydrogens is 278 g/mol. The summed E-state index contributed by atoms with van der Waals surface area (Å²) in [5, 5.41) is 21.5. The molecule has 6 heteroatoms. The van der Waals surface area contributed by atoms with Crippen molar-refractivity contribution in [2.75, 3.05) is 12.4 Å². The average molecular weight is 299 g/mol. The van der Waals surface area contributed by atoms with Crippen molar-refractivity contribution in [3.05, 3.63) is 24.3 Å². The zero-order valence-corrected chi connectivity index (χ0v) is 12.7. The molecular formula is C14H21NO4S. The third-order valence-corrected chi connectivity index (χ3v) is 3.47. The van der Waals surface area contributed by atoms with Crippen LogP contribution in [0.5, 0.6) is 5.75 Å². The van der Waals surface area contributed by atoms with Crippen molar-refractivity contribution in [3.63, 3.8) is 0 Å². The van der Waals surface area contributed by atoms with Crippen molar-refractivity contribution in [3.8, 4) is 5.75 Å². The van der Waals surface area contributed by atoms with E-state index < -0.39 is 17.7 Å². The number of amides is 1. The number of para-hydroxylation sites is 1. The number of aliphatic hydroxyl groups excluding tert-OH is 1. The topological polar surface area (TPSA) is 78.8 Å². The monoisotopic (exact) mass is 299 g/mol. The van der Waals surface area contributed by atoms with Gasteiger partial charge in [0, 0.05) is 10.6 Å². The Bertz CT molecular complexity index is 445. The number of benzene rings is 1. The standard InChI is InChI=1S/C14H21NO4S/c1-14(2,3)19-13(18)15-10(8-16)9-20-12-7-5-4-6-11(12)17/h4-7,10,16-17H,8-9H2,1-3H3,(H,15,18). The molecule has 1 amide bonds. The minimum absolute atomic E-state index is 0.187. The second-order valence-electron chi connectivity index (χ2n) is 5.30. The molecule has 3 N–H and O–H groups in total. The normalized spacial score (nSPS) is 12.8. The van der Waals surface area contributed by atoms with Gasteiger partial charge in [0.2, 0.25) is 0 Å². The Balaban J connectivity index is 2.48. The summed E-state index contributed by atoms with van der Waals surface area (Å²) in [4.78, 5) is 12.3. The molecule has 1 aromatic carbocycles. The van der Waals surface area contributed by atoms with Crippen molar-refractivity contribution in [1.82, 2.24) is 5.32 Å². The molecule has 0 fully saturated rings. The SMILES string of the molecule is CC(C)(C)OC(=O)NC(CO)CSc1ccccc1O. The summed E-state index contributed by atoms with van der Waals surface area (Å²) in [6, 6.07) is 6.49. The van der Waals surface area contributed by atoms with Gasteiger partial charge in [0.25, 0.3) is 0 Å². The van der Waals surface area contributed by atoms with E-state index in [1.807, 2.05) is 6.07 Å². The smallest absolute Gasteiger partial charge is 0.407 e. The molecule has 0 aliphatic rings. The quantitative estimate of drug-likeness (QED) is 0.728. The predicted molar refractivity (Wildman–Crippen MR) is 79.1 cm³/mol. The maximum Gasteiger partial charge on any atom is 0.407 e. The average Bonchev–Trinajstić information content (AvgIpc) is 2.34. The third-order valence-electron chi connectivity index (χ3n) is 2.25. The van der Waals surface area contributed by atoms with Crippen molar-refractivity contribution in [2.24, 2.45) is 0 Å². The van der Waals surface area contributed by atoms with E-state index in [9.17, 15) is 15.0 Å². The summed E-state index contributed by atoms with van der Waals surface area (Å²) in [6.07, 6.45) is -0.561. The van der Waals surface area contributed by atoms with Crippen LogP contribution in [0.25, 0.3) is 0 Å². The number of ether oxygens (including phenoxy) is 1. The fourth-order valence-corrected chi connectivity index (χ4v) is 2.34. The number of hydrogen-bond donors (Lipinski definition) is 3. The number of carbonyl (C=O) groups excluding carboxylic acids is 1. The second kappa shape index (κ2) is 7.40. The van der Waals surface area contributed by atoms with Gasteiger partial charge in [-0.3, -0.25) is 0 Å². The first kappa shape index (κ1) is 16.7. The molecule has 20 heavy (non-hydrogen) atoms. The Hall–Kier alpha value is -1.40. The van der Waals surface area contributed by atoms with E-state index >= 15 is 0 Å². The van der Waals surface area contributed by atoms with Crippen LogP contribution in [0.1, 0.15) is 20.8 Å². The number of phenolic OH excluding ortho intramolecular Hbond substituents is 1. The zero-order valence-electron chi connectivity index (χ0n) is 11.9. The van der Waals surface area contributed by atoms with E-state index in [0.717, 1.165) is 0 Å². The number of nitrogens with one attached hydrogen (secondary N) is 1. The van der Waals surface area contributed by atoms with Gasteiger partial charge in [-0.15, -0.1) is 11.8 Å². The first-order chi connectivity index (χ1) is 9.31. The van der Waals surface area contributed by atoms with E-state index in [4.69, 9.17) is 4.74 Å². The highest BCUT2D eigenvalue weighted by atomic mass is 32.2. The van der Waals surface area contributed by atoms with Gasteiger partial charge in [-0.1, -0.05) is 12.1 Å². The first-order valence-corrected chi connectivity index (χ1v) is 7.31. The van der Waals surface area contributed by atoms with Crippen LogP contribution < -0.4 is 5.32 Å². The van der Waals surface area contributed by atoms with Crippen LogP contribution in [0.15, 0.2) is 29.2 Å². The number of phenols is 1. The van der Waals surface area contributed by atoms with Crippen LogP contribution in [0.4, 0.5) is 4.79 Å². The molecule has 1 unspecified atom stereocenters. The Labute approximate surface area is 123 Å². The van der Waals surface area contributed by atoms with Gasteiger partial charge in [0.05, 0.1) is 12.6 Å². The molecule has 1 atom stereocenters. The lowest BCUT2D eigenvalue weighted by atomic mass is 10.2. The van der Waals surface area contributed by atoms with Gasteiger partial charge in [-0.05, 0) is 32.9 Å². The highest BCUT2D eigenvalue weighted by molar-refractivity contribution is 7.99. The molecule has 0 heterocycles. The Morgan fingerprint density at radius 3 is 2.60 bits per heavy atom. The molecule has 1 aromatic rings. The number of rotatable bonds is 5. The molecule has 0 aliphatic heterocycles. The molecule has 5 nitrogen and oxygen atoms in total. The van der Waals surface area contributed by atoms with Crippen molar-refractivity contribution in [2.45, 2.75) is 37.3 Å². The molecule has 0 saturated carbocycles. The fourth-order valence-electron chi connectivity index (χ4n) is 1.38. The number of carbonyl (C=O) groups is 1. The lowest BCUT2D eigenvalue weighted by Crippen LogP contribution is -2.42. The highest BCUT2D eigenvalue weighted by Gasteiger charge is 2.19. The maximum atomic E-state index is 11.6. The van der Waals surface area contributed by atoms with Gasteiger partial charge in [0.15, 0.2) is 0 Å². The van der Waals surface area contributed by atoms with E-state index in [1.54, 1.807) is 39.0 Å². The number of hydrogen-bond acceptors (Lipinski definition) is 5. The molecule has 0 saturated heterocycles. The van der Waals surface area contributed by atoms with Crippen LogP contribution in [-0.4, -0.2) is 40.3 Å². The number of thioether (sulfide) groups is 1. The first-order valence-electron chi connectivity index (χ1n) is 6.33. The van der Waals surface area contributed by atoms with Crippen LogP contribution >= 0.6 is 11.8 Å². The summed E-state index contributed by atoms with van der Waals surface area (Å²) in [5.41, 5.74) is -0.574. The van der Waals surface area contributed by atoms with E-state index in [2.05, 4.69) is 5.32 Å². The van der Waals surface area contributed by atoms with Crippen molar-refractivity contribution < 1.29 is 19.7 Å². The maximum absolute atomic E-state index is 11.6. The lowest BCUT2D eigenvalue weighted by Gasteiger charge is -2.22. The minimum atomic E-state index is -0.574. The summed E-state index contributed by atoms with van der Waals surface area (Å²) in [6.45, 7) is 5.13. The summed E-state index contributed by atoms with van der Waals surface area (Å²) < 4.78 is 5.13. The van der Waals surface area contributed by atoms with Crippen LogP contribution in [0, 0.1) is 0 Å². The molecule has 0 aliphatic carbocycles. The van der Waals surface area contributed by atoms with Gasteiger partial charge < -0.3 is 20.3 Å². The third kappa shape index (κ3) is 6.16. The largest absolute Gasteiger partial charge is 0.507 e. The van der Waals surface area contributed by atoms with E-state index in [0.29, 0.717) is 10.6 Å². The van der Waals surface area contributed by atoms with Crippen molar-refractivity contribution in [1.29, 1.82) is 0 Å². The molecule has 0 spiro atoms. The van der Waals surface area contributed by atoms with Gasteiger partial charge in [-0.2, -0.15) is 0 Å². The fraction of sp³-hybridized carbons (Fsp3) is 0.500. The van der Waals surface area contributed by atoms with Gasteiger partial charge in [-0.25, -0.2) is 4.79 Å². The molecule has 0 bridgehead atoms. The summed E-state index contributed by atoms with van der Waals surface area (Å²) in [7, 11) is 0. The van der Waals surface area contributed by atoms with Gasteiger partial charge in [0.1, 0.15) is 11.4 Å². The van der Waals surface area contributed by atoms with Crippen molar-refractivity contribution >= 4 is 17.9 Å². The lowest BCUT2D eigenvalue weighted by molar-refractivity contribution is 0.0491.